The molecule has 1 aromatic carbocycles. The number of fused-ring (bicyclic) bond motifs is 1. The van der Waals surface area contributed by atoms with E-state index in [0.29, 0.717) is 11.9 Å². The normalized spacial score (nSPS) is 22.6. The molecule has 96 valence electrons. The maximum atomic E-state index is 12.6. The highest BCUT2D eigenvalue weighted by molar-refractivity contribution is 5.86. The number of benzene rings is 1. The first-order chi connectivity index (χ1) is 8.77. The lowest BCUT2D eigenvalue weighted by atomic mass is 9.87. The van der Waals surface area contributed by atoms with Crippen LogP contribution < -0.4 is 5.32 Å². The number of carbonyl (C=O) groups is 1. The van der Waals surface area contributed by atoms with E-state index in [9.17, 15) is 4.79 Å². The van der Waals surface area contributed by atoms with Gasteiger partial charge in [-0.2, -0.15) is 0 Å². The summed E-state index contributed by atoms with van der Waals surface area (Å²) >= 11 is 0. The number of hydrogen-bond donors (Lipinski definition) is 1. The average molecular weight is 244 g/mol. The summed E-state index contributed by atoms with van der Waals surface area (Å²) in [5.41, 5.74) is 2.30. The number of carbonyl (C=O) groups excluding carboxylic acids is 1. The first-order valence-electron chi connectivity index (χ1n) is 6.87. The Kier molecular flexibility index (Phi) is 2.98. The zero-order valence-electron chi connectivity index (χ0n) is 10.9. The molecule has 1 N–H and O–H groups in total. The number of para-hydroxylation sites is 1. The second-order valence-electron chi connectivity index (χ2n) is 5.39. The van der Waals surface area contributed by atoms with Gasteiger partial charge in [-0.15, -0.1) is 0 Å². The summed E-state index contributed by atoms with van der Waals surface area (Å²) in [4.78, 5) is 14.6. The van der Waals surface area contributed by atoms with E-state index >= 15 is 0 Å². The molecular weight excluding hydrogens is 224 g/mol. The van der Waals surface area contributed by atoms with Gasteiger partial charge in [0.1, 0.15) is 0 Å². The summed E-state index contributed by atoms with van der Waals surface area (Å²) in [6.45, 7) is 0.895. The van der Waals surface area contributed by atoms with Gasteiger partial charge in [0.15, 0.2) is 0 Å². The van der Waals surface area contributed by atoms with Gasteiger partial charge in [-0.05, 0) is 37.3 Å². The summed E-state index contributed by atoms with van der Waals surface area (Å²) in [6.07, 6.45) is 4.53. The highest BCUT2D eigenvalue weighted by atomic mass is 16.2. The van der Waals surface area contributed by atoms with Gasteiger partial charge in [-0.1, -0.05) is 18.2 Å². The van der Waals surface area contributed by atoms with Crippen LogP contribution in [-0.2, 0) is 4.79 Å². The molecule has 0 aromatic heterocycles. The van der Waals surface area contributed by atoms with Crippen LogP contribution in [0.15, 0.2) is 24.3 Å². The molecule has 0 spiro atoms. The zero-order valence-corrected chi connectivity index (χ0v) is 10.9. The molecular formula is C15H20N2O. The topological polar surface area (TPSA) is 32.3 Å². The van der Waals surface area contributed by atoms with Crippen molar-refractivity contribution in [3.63, 3.8) is 0 Å². The highest BCUT2D eigenvalue weighted by Gasteiger charge is 2.33. The van der Waals surface area contributed by atoms with E-state index in [4.69, 9.17) is 0 Å². The molecule has 0 saturated heterocycles. The lowest BCUT2D eigenvalue weighted by Crippen LogP contribution is -2.44. The molecule has 1 amide bonds. The molecule has 1 aliphatic heterocycles. The lowest BCUT2D eigenvalue weighted by Gasteiger charge is -2.38. The fourth-order valence-electron chi connectivity index (χ4n) is 2.92. The molecule has 0 bridgehead atoms. The van der Waals surface area contributed by atoms with Gasteiger partial charge in [-0.3, -0.25) is 4.79 Å². The second kappa shape index (κ2) is 4.63. The van der Waals surface area contributed by atoms with Crippen LogP contribution in [0.4, 0.5) is 5.69 Å². The molecule has 1 aromatic rings. The smallest absolute Gasteiger partial charge is 0.230 e. The van der Waals surface area contributed by atoms with E-state index in [1.807, 2.05) is 24.1 Å². The predicted octanol–water partition coefficient (Wildman–Crippen LogP) is 2.60. The molecule has 1 fully saturated rings. The van der Waals surface area contributed by atoms with Gasteiger partial charge in [0.2, 0.25) is 5.91 Å². The Morgan fingerprint density at radius 1 is 1.28 bits per heavy atom. The number of rotatable bonds is 2. The van der Waals surface area contributed by atoms with Crippen LogP contribution in [0.25, 0.3) is 0 Å². The number of hydrogen-bond acceptors (Lipinski definition) is 2. The standard InChI is InChI=1S/C15H20N2O/c1-17(11-5-4-6-11)15(18)13-9-10-16-14-8-3-2-7-12(13)14/h2-3,7-8,11,13,16H,4-6,9-10H2,1H3. The van der Waals surface area contributed by atoms with Gasteiger partial charge < -0.3 is 10.2 Å². The van der Waals surface area contributed by atoms with Crippen molar-refractivity contribution in [3.05, 3.63) is 29.8 Å². The average Bonchev–Trinajstić information content (AvgIpc) is 2.35. The van der Waals surface area contributed by atoms with Crippen LogP contribution in [0.5, 0.6) is 0 Å². The molecule has 0 radical (unpaired) electrons. The van der Waals surface area contributed by atoms with Gasteiger partial charge in [0.25, 0.3) is 0 Å². The summed E-state index contributed by atoms with van der Waals surface area (Å²) in [5, 5.41) is 3.37. The van der Waals surface area contributed by atoms with Crippen LogP contribution >= 0.6 is 0 Å². The van der Waals surface area contributed by atoms with E-state index in [2.05, 4.69) is 17.4 Å². The van der Waals surface area contributed by atoms with Crippen molar-refractivity contribution in [3.8, 4) is 0 Å². The first-order valence-corrected chi connectivity index (χ1v) is 6.87. The molecule has 1 heterocycles. The van der Waals surface area contributed by atoms with Crippen molar-refractivity contribution in [1.82, 2.24) is 4.90 Å². The monoisotopic (exact) mass is 244 g/mol. The fraction of sp³-hybridized carbons (Fsp3) is 0.533. The molecule has 3 rings (SSSR count). The maximum Gasteiger partial charge on any atom is 0.230 e. The Morgan fingerprint density at radius 2 is 2.06 bits per heavy atom. The Labute approximate surface area is 108 Å². The molecule has 1 saturated carbocycles. The van der Waals surface area contributed by atoms with Crippen molar-refractivity contribution < 1.29 is 4.79 Å². The number of likely N-dealkylation sites (N-methyl/N-ethyl adjacent to an activating group) is 1. The number of anilines is 1. The predicted molar refractivity (Wildman–Crippen MR) is 72.7 cm³/mol. The second-order valence-corrected chi connectivity index (χ2v) is 5.39. The summed E-state index contributed by atoms with van der Waals surface area (Å²) in [5.74, 6) is 0.349. The van der Waals surface area contributed by atoms with E-state index in [1.54, 1.807) is 0 Å². The molecule has 2 aliphatic rings. The SMILES string of the molecule is CN(C(=O)C1CCNc2ccccc21)C1CCC1. The van der Waals surface area contributed by atoms with Crippen molar-refractivity contribution in [1.29, 1.82) is 0 Å². The molecule has 1 atom stereocenters. The van der Waals surface area contributed by atoms with Crippen LogP contribution in [0.2, 0.25) is 0 Å². The van der Waals surface area contributed by atoms with Crippen molar-refractivity contribution in [2.24, 2.45) is 0 Å². The minimum absolute atomic E-state index is 0.0491. The minimum atomic E-state index is 0.0491. The largest absolute Gasteiger partial charge is 0.385 e. The molecule has 3 nitrogen and oxygen atoms in total. The van der Waals surface area contributed by atoms with Crippen molar-refractivity contribution >= 4 is 11.6 Å². The highest BCUT2D eigenvalue weighted by Crippen LogP contribution is 2.34. The van der Waals surface area contributed by atoms with Crippen LogP contribution in [0, 0.1) is 0 Å². The Balaban J connectivity index is 1.82. The maximum absolute atomic E-state index is 12.6. The van der Waals surface area contributed by atoms with Crippen LogP contribution in [-0.4, -0.2) is 30.4 Å². The molecule has 1 unspecified atom stereocenters. The van der Waals surface area contributed by atoms with Gasteiger partial charge in [0, 0.05) is 25.3 Å². The number of amides is 1. The third-order valence-electron chi connectivity index (χ3n) is 4.35. The van der Waals surface area contributed by atoms with Crippen molar-refractivity contribution in [2.45, 2.75) is 37.6 Å². The third-order valence-corrected chi connectivity index (χ3v) is 4.35. The number of nitrogens with one attached hydrogen (secondary N) is 1. The van der Waals surface area contributed by atoms with E-state index in [-0.39, 0.29) is 5.92 Å². The van der Waals surface area contributed by atoms with Crippen molar-refractivity contribution in [2.75, 3.05) is 18.9 Å². The molecule has 1 aliphatic carbocycles. The van der Waals surface area contributed by atoms with E-state index in [1.165, 1.54) is 24.8 Å². The van der Waals surface area contributed by atoms with Gasteiger partial charge in [-0.25, -0.2) is 0 Å². The van der Waals surface area contributed by atoms with E-state index in [0.717, 1.165) is 18.7 Å². The van der Waals surface area contributed by atoms with Gasteiger partial charge >= 0.3 is 0 Å². The van der Waals surface area contributed by atoms with Crippen LogP contribution in [0.1, 0.15) is 37.2 Å². The minimum Gasteiger partial charge on any atom is -0.385 e. The Morgan fingerprint density at radius 3 is 2.78 bits per heavy atom. The van der Waals surface area contributed by atoms with E-state index < -0.39 is 0 Å². The number of nitrogens with zero attached hydrogens (tertiary/aromatic N) is 1. The lowest BCUT2D eigenvalue weighted by molar-refractivity contribution is -0.135. The Bertz CT molecular complexity index is 454. The quantitative estimate of drug-likeness (QED) is 0.867. The molecule has 3 heteroatoms. The molecule has 18 heavy (non-hydrogen) atoms. The summed E-state index contributed by atoms with van der Waals surface area (Å²) in [6, 6.07) is 8.68. The third kappa shape index (κ3) is 1.88. The Hall–Kier alpha value is -1.51. The summed E-state index contributed by atoms with van der Waals surface area (Å²) < 4.78 is 0. The fourth-order valence-corrected chi connectivity index (χ4v) is 2.92. The first kappa shape index (κ1) is 11.6. The zero-order chi connectivity index (χ0) is 12.5. The van der Waals surface area contributed by atoms with Gasteiger partial charge in [0.05, 0.1) is 5.92 Å². The summed E-state index contributed by atoms with van der Waals surface area (Å²) in [7, 11) is 1.97. The van der Waals surface area contributed by atoms with Crippen LogP contribution in [0.3, 0.4) is 0 Å².